The van der Waals surface area contributed by atoms with E-state index in [4.69, 9.17) is 0 Å². The van der Waals surface area contributed by atoms with E-state index in [1.807, 2.05) is 31.2 Å². The number of benzene rings is 1. The Balaban J connectivity index is 1.91. The van der Waals surface area contributed by atoms with Crippen LogP contribution in [-0.2, 0) is 4.79 Å². The quantitative estimate of drug-likeness (QED) is 0.944. The van der Waals surface area contributed by atoms with Crippen molar-refractivity contribution >= 4 is 27.5 Å². The van der Waals surface area contributed by atoms with E-state index in [1.54, 1.807) is 11.0 Å². The van der Waals surface area contributed by atoms with E-state index in [0.717, 1.165) is 10.2 Å². The molecule has 0 unspecified atom stereocenters. The SMILES string of the molecule is C[C@H](CC(=O)Nc1ccc(Br)cc1)n1cncn1. The van der Waals surface area contributed by atoms with Gasteiger partial charge in [0.1, 0.15) is 12.7 Å². The highest BCUT2D eigenvalue weighted by Gasteiger charge is 2.11. The Bertz CT molecular complexity index is 509. The fraction of sp³-hybridized carbons (Fsp3) is 0.250. The molecule has 0 saturated heterocycles. The van der Waals surface area contributed by atoms with Gasteiger partial charge in [-0.2, -0.15) is 5.10 Å². The average molecular weight is 309 g/mol. The number of carbonyl (C=O) groups is 1. The van der Waals surface area contributed by atoms with Gasteiger partial charge in [-0.3, -0.25) is 4.79 Å². The molecular formula is C12H13BrN4O. The summed E-state index contributed by atoms with van der Waals surface area (Å²) >= 11 is 3.35. The van der Waals surface area contributed by atoms with E-state index in [1.165, 1.54) is 6.33 Å². The lowest BCUT2D eigenvalue weighted by Crippen LogP contribution is -2.17. The number of nitrogens with one attached hydrogen (secondary N) is 1. The molecule has 2 rings (SSSR count). The van der Waals surface area contributed by atoms with Gasteiger partial charge in [0.15, 0.2) is 0 Å². The third kappa shape index (κ3) is 3.40. The molecule has 1 N–H and O–H groups in total. The molecule has 5 nitrogen and oxygen atoms in total. The summed E-state index contributed by atoms with van der Waals surface area (Å²) < 4.78 is 2.65. The predicted molar refractivity (Wildman–Crippen MR) is 72.1 cm³/mol. The minimum atomic E-state index is -0.0414. The van der Waals surface area contributed by atoms with E-state index in [9.17, 15) is 4.79 Å². The van der Waals surface area contributed by atoms with Crippen molar-refractivity contribution in [2.75, 3.05) is 5.32 Å². The van der Waals surface area contributed by atoms with Gasteiger partial charge in [0.05, 0.1) is 6.04 Å². The van der Waals surface area contributed by atoms with Crippen molar-refractivity contribution in [2.45, 2.75) is 19.4 Å². The summed E-state index contributed by atoms with van der Waals surface area (Å²) in [4.78, 5) is 15.7. The summed E-state index contributed by atoms with van der Waals surface area (Å²) in [5.41, 5.74) is 0.786. The number of rotatable bonds is 4. The van der Waals surface area contributed by atoms with Gasteiger partial charge in [-0.05, 0) is 31.2 Å². The summed E-state index contributed by atoms with van der Waals surface area (Å²) in [6, 6.07) is 7.46. The number of anilines is 1. The van der Waals surface area contributed by atoms with Gasteiger partial charge in [0, 0.05) is 16.6 Å². The first-order valence-corrected chi connectivity index (χ1v) is 6.34. The normalized spacial score (nSPS) is 12.1. The van der Waals surface area contributed by atoms with Crippen molar-refractivity contribution in [2.24, 2.45) is 0 Å². The predicted octanol–water partition coefficient (Wildman–Crippen LogP) is 2.63. The van der Waals surface area contributed by atoms with E-state index >= 15 is 0 Å². The molecule has 0 saturated carbocycles. The molecule has 6 heteroatoms. The second-order valence-corrected chi connectivity index (χ2v) is 4.90. The van der Waals surface area contributed by atoms with E-state index in [0.29, 0.717) is 6.42 Å². The Morgan fingerprint density at radius 1 is 1.44 bits per heavy atom. The number of hydrogen-bond acceptors (Lipinski definition) is 3. The molecule has 0 spiro atoms. The number of nitrogens with zero attached hydrogens (tertiary/aromatic N) is 3. The van der Waals surface area contributed by atoms with Crippen LogP contribution in [0.2, 0.25) is 0 Å². The lowest BCUT2D eigenvalue weighted by molar-refractivity contribution is -0.116. The molecule has 0 bridgehead atoms. The molecule has 1 aromatic heterocycles. The molecule has 0 radical (unpaired) electrons. The summed E-state index contributed by atoms with van der Waals surface area (Å²) in [7, 11) is 0. The molecule has 0 fully saturated rings. The molecule has 0 aliphatic rings. The minimum Gasteiger partial charge on any atom is -0.326 e. The van der Waals surface area contributed by atoms with Gasteiger partial charge >= 0.3 is 0 Å². The van der Waals surface area contributed by atoms with Crippen LogP contribution in [0.1, 0.15) is 19.4 Å². The Morgan fingerprint density at radius 3 is 2.78 bits per heavy atom. The third-order valence-electron chi connectivity index (χ3n) is 2.50. The Morgan fingerprint density at radius 2 is 2.17 bits per heavy atom. The van der Waals surface area contributed by atoms with Crippen LogP contribution in [0.15, 0.2) is 41.4 Å². The van der Waals surface area contributed by atoms with Crippen LogP contribution in [0.5, 0.6) is 0 Å². The van der Waals surface area contributed by atoms with E-state index in [-0.39, 0.29) is 11.9 Å². The molecule has 18 heavy (non-hydrogen) atoms. The van der Waals surface area contributed by atoms with Crippen LogP contribution in [0.4, 0.5) is 5.69 Å². The van der Waals surface area contributed by atoms with Gasteiger partial charge in [-0.15, -0.1) is 0 Å². The molecule has 2 aromatic rings. The van der Waals surface area contributed by atoms with Crippen LogP contribution < -0.4 is 5.32 Å². The average Bonchev–Trinajstić information content (AvgIpc) is 2.85. The van der Waals surface area contributed by atoms with Crippen LogP contribution in [0.25, 0.3) is 0 Å². The number of carbonyl (C=O) groups excluding carboxylic acids is 1. The molecule has 1 heterocycles. The standard InChI is InChI=1S/C12H13BrN4O/c1-9(17-8-14-7-15-17)6-12(18)16-11-4-2-10(13)3-5-11/h2-5,7-9H,6H2,1H3,(H,16,18)/t9-/m1/s1. The first-order chi connectivity index (χ1) is 8.65. The molecule has 1 atom stereocenters. The number of halogens is 1. The first-order valence-electron chi connectivity index (χ1n) is 5.54. The molecule has 94 valence electrons. The van der Waals surface area contributed by atoms with Gasteiger partial charge in [0.2, 0.25) is 5.91 Å². The highest BCUT2D eigenvalue weighted by atomic mass is 79.9. The van der Waals surface area contributed by atoms with Gasteiger partial charge in [-0.1, -0.05) is 15.9 Å². The maximum atomic E-state index is 11.8. The summed E-state index contributed by atoms with van der Waals surface area (Å²) in [6.07, 6.45) is 3.43. The van der Waals surface area contributed by atoms with Crippen molar-refractivity contribution in [3.63, 3.8) is 0 Å². The molecule has 1 amide bonds. The van der Waals surface area contributed by atoms with E-state index in [2.05, 4.69) is 31.3 Å². The monoisotopic (exact) mass is 308 g/mol. The maximum Gasteiger partial charge on any atom is 0.226 e. The molecule has 1 aromatic carbocycles. The topological polar surface area (TPSA) is 59.8 Å². The zero-order valence-corrected chi connectivity index (χ0v) is 11.5. The summed E-state index contributed by atoms with van der Waals surface area (Å²) in [5, 5.41) is 6.85. The summed E-state index contributed by atoms with van der Waals surface area (Å²) in [6.45, 7) is 1.93. The fourth-order valence-electron chi connectivity index (χ4n) is 1.55. The van der Waals surface area contributed by atoms with Crippen molar-refractivity contribution in [3.8, 4) is 0 Å². The van der Waals surface area contributed by atoms with Crippen molar-refractivity contribution < 1.29 is 4.79 Å². The molecule has 0 aliphatic carbocycles. The third-order valence-corrected chi connectivity index (χ3v) is 3.03. The van der Waals surface area contributed by atoms with Crippen LogP contribution in [0, 0.1) is 0 Å². The number of amides is 1. The van der Waals surface area contributed by atoms with E-state index < -0.39 is 0 Å². The Labute approximate surface area is 113 Å². The lowest BCUT2D eigenvalue weighted by Gasteiger charge is -2.11. The fourth-order valence-corrected chi connectivity index (χ4v) is 1.82. The van der Waals surface area contributed by atoms with Gasteiger partial charge in [-0.25, -0.2) is 9.67 Å². The largest absolute Gasteiger partial charge is 0.326 e. The van der Waals surface area contributed by atoms with Crippen molar-refractivity contribution in [3.05, 3.63) is 41.4 Å². The maximum absolute atomic E-state index is 11.8. The second-order valence-electron chi connectivity index (χ2n) is 3.98. The molecular weight excluding hydrogens is 296 g/mol. The lowest BCUT2D eigenvalue weighted by atomic mass is 10.2. The van der Waals surface area contributed by atoms with Gasteiger partial charge in [0.25, 0.3) is 0 Å². The highest BCUT2D eigenvalue weighted by Crippen LogP contribution is 2.15. The Hall–Kier alpha value is -1.69. The van der Waals surface area contributed by atoms with Crippen LogP contribution in [-0.4, -0.2) is 20.7 Å². The smallest absolute Gasteiger partial charge is 0.226 e. The van der Waals surface area contributed by atoms with Crippen molar-refractivity contribution in [1.82, 2.24) is 14.8 Å². The highest BCUT2D eigenvalue weighted by molar-refractivity contribution is 9.10. The zero-order chi connectivity index (χ0) is 13.0. The second kappa shape index (κ2) is 5.77. The molecule has 0 aliphatic heterocycles. The first kappa shape index (κ1) is 12.8. The van der Waals surface area contributed by atoms with Crippen molar-refractivity contribution in [1.29, 1.82) is 0 Å². The number of aromatic nitrogens is 3. The zero-order valence-electron chi connectivity index (χ0n) is 9.88. The Kier molecular flexibility index (Phi) is 4.09. The summed E-state index contributed by atoms with van der Waals surface area (Å²) in [5.74, 6) is -0.0414. The minimum absolute atomic E-state index is 0.0112. The van der Waals surface area contributed by atoms with Crippen LogP contribution >= 0.6 is 15.9 Å². The van der Waals surface area contributed by atoms with Gasteiger partial charge < -0.3 is 5.32 Å². The number of hydrogen-bond donors (Lipinski definition) is 1. The van der Waals surface area contributed by atoms with Crippen LogP contribution in [0.3, 0.4) is 0 Å².